The molecule has 0 aromatic heterocycles. The van der Waals surface area contributed by atoms with E-state index in [2.05, 4.69) is 25.7 Å². The van der Waals surface area contributed by atoms with E-state index < -0.39 is 8.80 Å². The Morgan fingerprint density at radius 3 is 1.88 bits per heavy atom. The van der Waals surface area contributed by atoms with Crippen LogP contribution in [0.4, 0.5) is 0 Å². The number of unbranched alkanes of at least 4 members (excludes halogenated alkanes) is 1. The van der Waals surface area contributed by atoms with Gasteiger partial charge in [-0.2, -0.15) is 0 Å². The van der Waals surface area contributed by atoms with Crippen LogP contribution < -0.4 is 0 Å². The van der Waals surface area contributed by atoms with E-state index in [9.17, 15) is 0 Å². The summed E-state index contributed by atoms with van der Waals surface area (Å²) in [5.74, 6) is 0. The Hall–Kier alpha value is -0.273. The minimum atomic E-state index is -2.49. The van der Waals surface area contributed by atoms with Gasteiger partial charge in [-0.3, -0.25) is 4.99 Å². The van der Waals surface area contributed by atoms with Crippen LogP contribution in [0.2, 0.25) is 6.04 Å². The molecule has 0 amide bonds. The molecule has 0 heterocycles. The minimum absolute atomic E-state index is 0.640. The van der Waals surface area contributed by atoms with Crippen molar-refractivity contribution in [1.29, 1.82) is 0 Å². The van der Waals surface area contributed by atoms with Crippen molar-refractivity contribution < 1.29 is 13.3 Å². The maximum absolute atomic E-state index is 5.88. The first-order valence-electron chi connectivity index (χ1n) is 10.2. The molecule has 0 aliphatic heterocycles. The normalized spacial score (nSPS) is 13.0. The van der Waals surface area contributed by atoms with Crippen LogP contribution in [0.25, 0.3) is 0 Å². The minimum Gasteiger partial charge on any atom is -0.374 e. The van der Waals surface area contributed by atoms with Crippen LogP contribution in [0.3, 0.4) is 0 Å². The molecule has 0 unspecified atom stereocenters. The van der Waals surface area contributed by atoms with Gasteiger partial charge in [-0.1, -0.05) is 13.8 Å². The molecule has 0 saturated carbocycles. The van der Waals surface area contributed by atoms with E-state index >= 15 is 0 Å². The lowest BCUT2D eigenvalue weighted by molar-refractivity contribution is 0.0710. The zero-order chi connectivity index (χ0) is 19.0. The second kappa shape index (κ2) is 15.9. The number of nitrogens with zero attached hydrogens (tertiary/aromatic N) is 2. The quantitative estimate of drug-likeness (QED) is 0.215. The number of hydrogen-bond donors (Lipinski definition) is 0. The molecule has 6 heteroatoms. The fourth-order valence-electron chi connectivity index (χ4n) is 2.90. The Morgan fingerprint density at radius 2 is 1.40 bits per heavy atom. The average molecular weight is 375 g/mol. The lowest BCUT2D eigenvalue weighted by Gasteiger charge is -2.28. The summed E-state index contributed by atoms with van der Waals surface area (Å²) in [5, 5.41) is 0. The molecule has 0 spiro atoms. The SMILES string of the molecule is CCO[Si](CCCN=C(C)CCCCN(CC)CC)(OCC)OCC. The van der Waals surface area contributed by atoms with Crippen molar-refractivity contribution in [2.45, 2.75) is 73.3 Å². The maximum Gasteiger partial charge on any atom is 0.500 e. The van der Waals surface area contributed by atoms with Crippen LogP contribution in [0.15, 0.2) is 4.99 Å². The van der Waals surface area contributed by atoms with Crippen LogP contribution in [0, 0.1) is 0 Å². The van der Waals surface area contributed by atoms with Gasteiger partial charge in [0.15, 0.2) is 0 Å². The third kappa shape index (κ3) is 11.9. The zero-order valence-corrected chi connectivity index (χ0v) is 18.6. The topological polar surface area (TPSA) is 43.3 Å². The lowest BCUT2D eigenvalue weighted by Crippen LogP contribution is -2.46. The summed E-state index contributed by atoms with van der Waals surface area (Å²) in [6.07, 6.45) is 4.54. The third-order valence-electron chi connectivity index (χ3n) is 4.27. The number of aliphatic imine (C=N–C) groups is 1. The standard InChI is InChI=1S/C19H42N2O3Si/c1-7-21(8-2)17-13-12-15-19(6)20-16-14-18-25(22-9-3,23-10-4)24-11-5/h7-18H2,1-6H3. The second-order valence-electron chi connectivity index (χ2n) is 6.19. The van der Waals surface area contributed by atoms with Gasteiger partial charge in [0, 0.05) is 38.1 Å². The molecular weight excluding hydrogens is 332 g/mol. The molecule has 0 saturated heterocycles. The number of hydrogen-bond acceptors (Lipinski definition) is 5. The van der Waals surface area contributed by atoms with Gasteiger partial charge in [0.25, 0.3) is 0 Å². The van der Waals surface area contributed by atoms with Gasteiger partial charge in [-0.15, -0.1) is 0 Å². The van der Waals surface area contributed by atoms with Gasteiger partial charge < -0.3 is 18.2 Å². The Kier molecular flexibility index (Phi) is 15.8. The highest BCUT2D eigenvalue weighted by Crippen LogP contribution is 2.18. The van der Waals surface area contributed by atoms with Crippen molar-refractivity contribution in [3.63, 3.8) is 0 Å². The number of rotatable bonds is 17. The Balaban J connectivity index is 4.12. The summed E-state index contributed by atoms with van der Waals surface area (Å²) < 4.78 is 17.6. The highest BCUT2D eigenvalue weighted by atomic mass is 28.4. The molecule has 0 radical (unpaired) electrons. The fourth-order valence-corrected chi connectivity index (χ4v) is 5.50. The van der Waals surface area contributed by atoms with Crippen LogP contribution in [0.1, 0.15) is 67.2 Å². The van der Waals surface area contributed by atoms with Gasteiger partial charge in [0.1, 0.15) is 0 Å². The molecule has 0 aliphatic rings. The molecule has 5 nitrogen and oxygen atoms in total. The van der Waals surface area contributed by atoms with E-state index in [0.29, 0.717) is 19.8 Å². The van der Waals surface area contributed by atoms with E-state index in [1.165, 1.54) is 25.1 Å². The first-order chi connectivity index (χ1) is 12.1. The molecule has 0 atom stereocenters. The molecule has 0 N–H and O–H groups in total. The van der Waals surface area contributed by atoms with Crippen LogP contribution in [0.5, 0.6) is 0 Å². The highest BCUT2D eigenvalue weighted by molar-refractivity contribution is 6.60. The molecule has 0 aromatic carbocycles. The summed E-state index contributed by atoms with van der Waals surface area (Å²) in [6.45, 7) is 18.9. The largest absolute Gasteiger partial charge is 0.500 e. The summed E-state index contributed by atoms with van der Waals surface area (Å²) in [6, 6.07) is 0.848. The van der Waals surface area contributed by atoms with Crippen LogP contribution in [-0.4, -0.2) is 65.4 Å². The van der Waals surface area contributed by atoms with Crippen molar-refractivity contribution in [3.8, 4) is 0 Å². The van der Waals surface area contributed by atoms with Crippen molar-refractivity contribution >= 4 is 14.5 Å². The lowest BCUT2D eigenvalue weighted by atomic mass is 10.2. The van der Waals surface area contributed by atoms with Crippen LogP contribution in [-0.2, 0) is 13.3 Å². The van der Waals surface area contributed by atoms with E-state index in [4.69, 9.17) is 18.3 Å². The summed E-state index contributed by atoms with van der Waals surface area (Å²) in [4.78, 5) is 7.20. The van der Waals surface area contributed by atoms with Crippen molar-refractivity contribution in [3.05, 3.63) is 0 Å². The van der Waals surface area contributed by atoms with Crippen LogP contribution >= 0.6 is 0 Å². The predicted octanol–water partition coefficient (Wildman–Crippen LogP) is 4.40. The molecule has 0 rings (SSSR count). The van der Waals surface area contributed by atoms with E-state index in [0.717, 1.165) is 38.5 Å². The van der Waals surface area contributed by atoms with Gasteiger partial charge in [-0.05, 0) is 73.0 Å². The van der Waals surface area contributed by atoms with Crippen molar-refractivity contribution in [1.82, 2.24) is 4.90 Å². The first-order valence-corrected chi connectivity index (χ1v) is 12.1. The summed E-state index contributed by atoms with van der Waals surface area (Å²) in [7, 11) is -2.49. The molecule has 0 bridgehead atoms. The molecule has 150 valence electrons. The first kappa shape index (κ1) is 24.7. The molecule has 25 heavy (non-hydrogen) atoms. The van der Waals surface area contributed by atoms with Crippen molar-refractivity contribution in [2.75, 3.05) is 46.0 Å². The van der Waals surface area contributed by atoms with E-state index in [1.807, 2.05) is 20.8 Å². The fraction of sp³-hybridized carbons (Fsp3) is 0.947. The Bertz CT molecular complexity index is 320. The maximum atomic E-state index is 5.88. The summed E-state index contributed by atoms with van der Waals surface area (Å²) in [5.41, 5.74) is 1.26. The predicted molar refractivity (Wildman–Crippen MR) is 110 cm³/mol. The van der Waals surface area contributed by atoms with Gasteiger partial charge >= 0.3 is 8.80 Å². The molecule has 0 fully saturated rings. The molecule has 0 aromatic rings. The van der Waals surface area contributed by atoms with E-state index in [1.54, 1.807) is 0 Å². The monoisotopic (exact) mass is 374 g/mol. The van der Waals surface area contributed by atoms with Gasteiger partial charge in [0.2, 0.25) is 0 Å². The molecular formula is C19H42N2O3Si. The van der Waals surface area contributed by atoms with Crippen molar-refractivity contribution in [2.24, 2.45) is 4.99 Å². The second-order valence-corrected chi connectivity index (χ2v) is 8.92. The van der Waals surface area contributed by atoms with Gasteiger partial charge in [0.05, 0.1) is 0 Å². The molecule has 0 aliphatic carbocycles. The average Bonchev–Trinajstić information content (AvgIpc) is 2.60. The van der Waals surface area contributed by atoms with Gasteiger partial charge in [-0.25, -0.2) is 0 Å². The third-order valence-corrected chi connectivity index (χ3v) is 7.42. The zero-order valence-electron chi connectivity index (χ0n) is 17.6. The Morgan fingerprint density at radius 1 is 0.840 bits per heavy atom. The highest BCUT2D eigenvalue weighted by Gasteiger charge is 2.39. The van der Waals surface area contributed by atoms with E-state index in [-0.39, 0.29) is 0 Å². The Labute approximate surface area is 157 Å². The summed E-state index contributed by atoms with van der Waals surface area (Å²) >= 11 is 0. The smallest absolute Gasteiger partial charge is 0.374 e.